The molecule has 2 aliphatic rings. The van der Waals surface area contributed by atoms with E-state index in [1.165, 1.54) is 21.6 Å². The Bertz CT molecular complexity index is 811. The van der Waals surface area contributed by atoms with Crippen LogP contribution in [0.2, 0.25) is 0 Å². The monoisotopic (exact) mass is 340 g/mol. The molecule has 4 rings (SSSR count). The van der Waals surface area contributed by atoms with Crippen molar-refractivity contribution in [3.05, 3.63) is 46.3 Å². The summed E-state index contributed by atoms with van der Waals surface area (Å²) in [4.78, 5) is 28.3. The van der Waals surface area contributed by atoms with E-state index >= 15 is 0 Å². The number of piperidine rings is 1. The maximum atomic E-state index is 13.0. The molecule has 2 amide bonds. The molecule has 5 heteroatoms. The lowest BCUT2D eigenvalue weighted by Crippen LogP contribution is -2.50. The number of primary amides is 1. The average molecular weight is 340 g/mol. The lowest BCUT2D eigenvalue weighted by atomic mass is 9.91. The van der Waals surface area contributed by atoms with Gasteiger partial charge in [0.1, 0.15) is 6.04 Å². The molecular formula is C19H20N2O2S. The van der Waals surface area contributed by atoms with Crippen LogP contribution in [0.1, 0.15) is 40.1 Å². The number of nitrogens with two attached hydrogens (primary N) is 1. The van der Waals surface area contributed by atoms with Crippen molar-refractivity contribution in [3.63, 3.8) is 0 Å². The van der Waals surface area contributed by atoms with Crippen LogP contribution in [-0.2, 0) is 17.6 Å². The quantitative estimate of drug-likeness (QED) is 0.913. The Kier molecular flexibility index (Phi) is 3.88. The van der Waals surface area contributed by atoms with E-state index in [-0.39, 0.29) is 5.91 Å². The zero-order chi connectivity index (χ0) is 16.7. The number of likely N-dealkylation sites (tertiary alicyclic amines) is 1. The maximum Gasteiger partial charge on any atom is 0.264 e. The van der Waals surface area contributed by atoms with Gasteiger partial charge in [-0.25, -0.2) is 0 Å². The molecule has 1 unspecified atom stereocenters. The Morgan fingerprint density at radius 2 is 1.92 bits per heavy atom. The van der Waals surface area contributed by atoms with Crippen molar-refractivity contribution in [1.82, 2.24) is 4.90 Å². The van der Waals surface area contributed by atoms with Gasteiger partial charge in [0.2, 0.25) is 5.91 Å². The molecule has 1 atom stereocenters. The summed E-state index contributed by atoms with van der Waals surface area (Å²) in [6.45, 7) is 0.617. The van der Waals surface area contributed by atoms with Gasteiger partial charge in [0.25, 0.3) is 5.91 Å². The SMILES string of the molecule is NC(=O)C1CCCCN1C(=O)c1cc2c(s1)-c1ccccc1CC2. The van der Waals surface area contributed by atoms with Crippen molar-refractivity contribution in [2.24, 2.45) is 5.73 Å². The number of carbonyl (C=O) groups is 2. The lowest BCUT2D eigenvalue weighted by Gasteiger charge is -2.33. The number of fused-ring (bicyclic) bond motifs is 3. The van der Waals surface area contributed by atoms with Gasteiger partial charge in [-0.2, -0.15) is 0 Å². The van der Waals surface area contributed by atoms with Gasteiger partial charge in [-0.3, -0.25) is 9.59 Å². The summed E-state index contributed by atoms with van der Waals surface area (Å²) in [6.07, 6.45) is 4.54. The van der Waals surface area contributed by atoms with Crippen molar-refractivity contribution in [3.8, 4) is 10.4 Å². The molecule has 2 heterocycles. The molecular weight excluding hydrogens is 320 g/mol. The highest BCUT2D eigenvalue weighted by Crippen LogP contribution is 2.40. The van der Waals surface area contributed by atoms with E-state index in [1.807, 2.05) is 12.1 Å². The fourth-order valence-corrected chi connectivity index (χ4v) is 5.02. The van der Waals surface area contributed by atoms with Gasteiger partial charge in [-0.05, 0) is 54.9 Å². The third kappa shape index (κ3) is 2.53. The van der Waals surface area contributed by atoms with Gasteiger partial charge in [0, 0.05) is 11.4 Å². The van der Waals surface area contributed by atoms with Gasteiger partial charge in [0.05, 0.1) is 4.88 Å². The third-order valence-corrected chi connectivity index (χ3v) is 6.24. The predicted molar refractivity (Wildman–Crippen MR) is 95.0 cm³/mol. The fraction of sp³-hybridized carbons (Fsp3) is 0.368. The summed E-state index contributed by atoms with van der Waals surface area (Å²) >= 11 is 1.55. The molecule has 2 aromatic rings. The van der Waals surface area contributed by atoms with Crippen molar-refractivity contribution >= 4 is 23.2 Å². The molecule has 2 N–H and O–H groups in total. The highest BCUT2D eigenvalue weighted by Gasteiger charge is 2.32. The highest BCUT2D eigenvalue weighted by molar-refractivity contribution is 7.17. The second-order valence-electron chi connectivity index (χ2n) is 6.53. The van der Waals surface area contributed by atoms with Gasteiger partial charge in [0.15, 0.2) is 0 Å². The number of hydrogen-bond donors (Lipinski definition) is 1. The Morgan fingerprint density at radius 3 is 2.75 bits per heavy atom. The van der Waals surface area contributed by atoms with Crippen LogP contribution in [0.25, 0.3) is 10.4 Å². The topological polar surface area (TPSA) is 63.4 Å². The van der Waals surface area contributed by atoms with Crippen LogP contribution in [0.15, 0.2) is 30.3 Å². The number of hydrogen-bond acceptors (Lipinski definition) is 3. The fourth-order valence-electron chi connectivity index (χ4n) is 3.79. The average Bonchev–Trinajstić information content (AvgIpc) is 3.05. The second-order valence-corrected chi connectivity index (χ2v) is 7.59. The molecule has 1 fully saturated rings. The molecule has 0 spiro atoms. The molecule has 24 heavy (non-hydrogen) atoms. The molecule has 0 saturated carbocycles. The molecule has 124 valence electrons. The zero-order valence-corrected chi connectivity index (χ0v) is 14.3. The zero-order valence-electron chi connectivity index (χ0n) is 13.5. The minimum Gasteiger partial charge on any atom is -0.368 e. The Hall–Kier alpha value is -2.14. The van der Waals surface area contributed by atoms with Crippen LogP contribution < -0.4 is 5.73 Å². The van der Waals surface area contributed by atoms with Crippen LogP contribution in [0.5, 0.6) is 0 Å². The first-order valence-electron chi connectivity index (χ1n) is 8.46. The Balaban J connectivity index is 1.68. The molecule has 4 nitrogen and oxygen atoms in total. The van der Waals surface area contributed by atoms with Gasteiger partial charge in [-0.1, -0.05) is 24.3 Å². The van der Waals surface area contributed by atoms with E-state index in [2.05, 4.69) is 18.2 Å². The number of rotatable bonds is 2. The highest BCUT2D eigenvalue weighted by atomic mass is 32.1. The van der Waals surface area contributed by atoms with Crippen molar-refractivity contribution in [1.29, 1.82) is 0 Å². The third-order valence-electron chi connectivity index (χ3n) is 5.04. The second kappa shape index (κ2) is 6.06. The van der Waals surface area contributed by atoms with Crippen LogP contribution in [0.3, 0.4) is 0 Å². The number of aryl methyl sites for hydroxylation is 2. The van der Waals surface area contributed by atoms with Gasteiger partial charge >= 0.3 is 0 Å². The van der Waals surface area contributed by atoms with Crippen molar-refractivity contribution < 1.29 is 9.59 Å². The first-order valence-corrected chi connectivity index (χ1v) is 9.28. The minimum absolute atomic E-state index is 0.0459. The summed E-state index contributed by atoms with van der Waals surface area (Å²) in [5.74, 6) is -0.440. The van der Waals surface area contributed by atoms with E-state index in [0.717, 1.165) is 30.6 Å². The van der Waals surface area contributed by atoms with Gasteiger partial charge in [-0.15, -0.1) is 11.3 Å². The molecule has 0 bridgehead atoms. The number of carbonyl (C=O) groups excluding carboxylic acids is 2. The molecule has 1 saturated heterocycles. The van der Waals surface area contributed by atoms with Crippen LogP contribution in [-0.4, -0.2) is 29.3 Å². The normalized spacial score (nSPS) is 19.5. The number of nitrogens with zero attached hydrogens (tertiary/aromatic N) is 1. The number of benzene rings is 1. The smallest absolute Gasteiger partial charge is 0.264 e. The van der Waals surface area contributed by atoms with Gasteiger partial charge < -0.3 is 10.6 Å². The minimum atomic E-state index is -0.460. The predicted octanol–water partition coefficient (Wildman–Crippen LogP) is 2.99. The first kappa shape index (κ1) is 15.4. The summed E-state index contributed by atoms with van der Waals surface area (Å²) in [5.41, 5.74) is 9.34. The number of thiophene rings is 1. The lowest BCUT2D eigenvalue weighted by molar-refractivity contribution is -0.123. The molecule has 1 aromatic heterocycles. The summed E-state index contributed by atoms with van der Waals surface area (Å²) in [7, 11) is 0. The standard InChI is InChI=1S/C19H20N2O2S/c20-18(22)15-7-3-4-10-21(15)19(23)16-11-13-9-8-12-5-1-2-6-14(12)17(13)24-16/h1-2,5-6,11,15H,3-4,7-10H2,(H2,20,22). The molecule has 1 aliphatic carbocycles. The molecule has 0 radical (unpaired) electrons. The summed E-state index contributed by atoms with van der Waals surface area (Å²) in [6, 6.07) is 9.96. The Labute approximate surface area is 145 Å². The molecule has 1 aliphatic heterocycles. The van der Waals surface area contributed by atoms with E-state index < -0.39 is 11.9 Å². The maximum absolute atomic E-state index is 13.0. The summed E-state index contributed by atoms with van der Waals surface area (Å²) < 4.78 is 0. The van der Waals surface area contributed by atoms with Crippen LogP contribution >= 0.6 is 11.3 Å². The number of amides is 2. The van der Waals surface area contributed by atoms with Crippen molar-refractivity contribution in [2.45, 2.75) is 38.1 Å². The van der Waals surface area contributed by atoms with Crippen LogP contribution in [0.4, 0.5) is 0 Å². The van der Waals surface area contributed by atoms with E-state index in [4.69, 9.17) is 5.73 Å². The van der Waals surface area contributed by atoms with E-state index in [1.54, 1.807) is 16.2 Å². The van der Waals surface area contributed by atoms with Crippen LogP contribution in [0, 0.1) is 0 Å². The Morgan fingerprint density at radius 1 is 1.12 bits per heavy atom. The van der Waals surface area contributed by atoms with Crippen molar-refractivity contribution in [2.75, 3.05) is 6.54 Å². The van der Waals surface area contributed by atoms with E-state index in [0.29, 0.717) is 13.0 Å². The summed E-state index contributed by atoms with van der Waals surface area (Å²) in [5, 5.41) is 0. The first-order chi connectivity index (χ1) is 11.6. The largest absolute Gasteiger partial charge is 0.368 e. The van der Waals surface area contributed by atoms with E-state index in [9.17, 15) is 9.59 Å². The molecule has 1 aromatic carbocycles.